The minimum Gasteiger partial charge on any atom is -0.294 e. The molecule has 3 aromatic rings. The maximum atomic E-state index is 6.04. The highest BCUT2D eigenvalue weighted by Gasteiger charge is 2.13. The minimum atomic E-state index is 0.369. The lowest BCUT2D eigenvalue weighted by Crippen LogP contribution is -2.00. The maximum absolute atomic E-state index is 6.04. The van der Waals surface area contributed by atoms with Gasteiger partial charge in [-0.05, 0) is 46.3 Å². The molecule has 0 bridgehead atoms. The molecular weight excluding hydrogens is 391 g/mol. The molecule has 0 saturated heterocycles. The van der Waals surface area contributed by atoms with E-state index in [-0.39, 0.29) is 0 Å². The third-order valence-corrected chi connectivity index (χ3v) is 4.30. The number of para-hydroxylation sites is 2. The van der Waals surface area contributed by atoms with Gasteiger partial charge in [-0.3, -0.25) is 4.57 Å². The minimum absolute atomic E-state index is 0.369. The van der Waals surface area contributed by atoms with E-state index in [1.54, 1.807) is 0 Å². The Kier molecular flexibility index (Phi) is 3.65. The van der Waals surface area contributed by atoms with Gasteiger partial charge in [-0.1, -0.05) is 28.1 Å². The van der Waals surface area contributed by atoms with Gasteiger partial charge >= 0.3 is 0 Å². The zero-order valence-corrected chi connectivity index (χ0v) is 13.7. The van der Waals surface area contributed by atoms with Crippen molar-refractivity contribution in [3.63, 3.8) is 0 Å². The van der Waals surface area contributed by atoms with Gasteiger partial charge in [0.15, 0.2) is 0 Å². The van der Waals surface area contributed by atoms with Crippen molar-refractivity contribution in [3.05, 3.63) is 57.2 Å². The summed E-state index contributed by atoms with van der Waals surface area (Å²) in [6, 6.07) is 14.1. The van der Waals surface area contributed by atoms with Crippen molar-refractivity contribution in [2.24, 2.45) is 0 Å². The van der Waals surface area contributed by atoms with Crippen LogP contribution in [0.15, 0.2) is 51.4 Å². The van der Waals surface area contributed by atoms with E-state index in [0.29, 0.717) is 5.88 Å². The largest absolute Gasteiger partial charge is 0.294 e. The first-order chi connectivity index (χ1) is 9.20. The van der Waals surface area contributed by atoms with Crippen LogP contribution in [0.3, 0.4) is 0 Å². The molecule has 0 aliphatic carbocycles. The van der Waals surface area contributed by atoms with Gasteiger partial charge < -0.3 is 0 Å². The Labute approximate surface area is 132 Å². The third-order valence-electron chi connectivity index (χ3n) is 2.90. The molecule has 0 N–H and O–H groups in total. The highest BCUT2D eigenvalue weighted by atomic mass is 79.9. The summed E-state index contributed by atoms with van der Waals surface area (Å²) in [5, 5.41) is 0. The number of hydrogen-bond acceptors (Lipinski definition) is 1. The molecule has 0 fully saturated rings. The van der Waals surface area contributed by atoms with Gasteiger partial charge in [-0.25, -0.2) is 4.98 Å². The van der Waals surface area contributed by atoms with Gasteiger partial charge in [0.05, 0.1) is 22.6 Å². The lowest BCUT2D eigenvalue weighted by Gasteiger charge is -2.10. The summed E-state index contributed by atoms with van der Waals surface area (Å²) in [7, 11) is 0. The molecule has 1 heterocycles. The summed E-state index contributed by atoms with van der Waals surface area (Å²) < 4.78 is 4.10. The molecule has 3 rings (SSSR count). The van der Waals surface area contributed by atoms with Crippen molar-refractivity contribution in [2.75, 3.05) is 0 Å². The predicted octanol–water partition coefficient (Wildman–Crippen LogP) is 5.29. The van der Waals surface area contributed by atoms with E-state index in [9.17, 15) is 0 Å². The topological polar surface area (TPSA) is 17.8 Å². The number of imidazole rings is 1. The summed E-state index contributed by atoms with van der Waals surface area (Å²) in [6.07, 6.45) is 0. The Morgan fingerprint density at radius 3 is 2.68 bits per heavy atom. The Morgan fingerprint density at radius 1 is 1.11 bits per heavy atom. The van der Waals surface area contributed by atoms with Gasteiger partial charge in [-0.15, -0.1) is 11.6 Å². The van der Waals surface area contributed by atoms with Crippen LogP contribution in [0, 0.1) is 0 Å². The molecule has 19 heavy (non-hydrogen) atoms. The first kappa shape index (κ1) is 13.2. The number of hydrogen-bond donors (Lipinski definition) is 0. The smallest absolute Gasteiger partial charge is 0.129 e. The number of fused-ring (bicyclic) bond motifs is 1. The first-order valence-corrected chi connectivity index (χ1v) is 7.80. The SMILES string of the molecule is ClCc1nc2ccccc2n1-c1cc(Br)ccc1Br. The number of aromatic nitrogens is 2. The highest BCUT2D eigenvalue weighted by molar-refractivity contribution is 9.11. The summed E-state index contributed by atoms with van der Waals surface area (Å²) in [4.78, 5) is 4.57. The van der Waals surface area contributed by atoms with Crippen LogP contribution in [0.5, 0.6) is 0 Å². The van der Waals surface area contributed by atoms with E-state index in [1.165, 1.54) is 0 Å². The first-order valence-electron chi connectivity index (χ1n) is 5.68. The Bertz CT molecular complexity index is 752. The molecule has 0 amide bonds. The quantitative estimate of drug-likeness (QED) is 0.535. The van der Waals surface area contributed by atoms with Crippen LogP contribution in [0.4, 0.5) is 0 Å². The van der Waals surface area contributed by atoms with Gasteiger partial charge in [0.2, 0.25) is 0 Å². The summed E-state index contributed by atoms with van der Waals surface area (Å²) in [6.45, 7) is 0. The van der Waals surface area contributed by atoms with Crippen molar-refractivity contribution in [1.29, 1.82) is 0 Å². The molecule has 2 nitrogen and oxygen atoms in total. The summed E-state index contributed by atoms with van der Waals surface area (Å²) in [5.74, 6) is 1.20. The monoisotopic (exact) mass is 398 g/mol. The molecule has 0 radical (unpaired) electrons. The van der Waals surface area contributed by atoms with Crippen molar-refractivity contribution in [1.82, 2.24) is 9.55 Å². The average molecular weight is 401 g/mol. The zero-order valence-electron chi connectivity index (χ0n) is 9.78. The standard InChI is InChI=1S/C14H9Br2ClN2/c15-9-5-6-10(16)13(7-9)19-12-4-2-1-3-11(12)18-14(19)8-17/h1-7H,8H2. The van der Waals surface area contributed by atoms with Crippen molar-refractivity contribution >= 4 is 54.5 Å². The molecule has 0 unspecified atom stereocenters. The Morgan fingerprint density at radius 2 is 1.89 bits per heavy atom. The molecule has 0 aliphatic rings. The van der Waals surface area contributed by atoms with Gasteiger partial charge in [0, 0.05) is 8.95 Å². The molecule has 0 spiro atoms. The molecule has 0 saturated carbocycles. The van der Waals surface area contributed by atoms with Crippen LogP contribution < -0.4 is 0 Å². The lowest BCUT2D eigenvalue weighted by atomic mass is 10.3. The lowest BCUT2D eigenvalue weighted by molar-refractivity contribution is 0.976. The Hall–Kier alpha value is -0.840. The van der Waals surface area contributed by atoms with E-state index in [1.807, 2.05) is 42.5 Å². The van der Waals surface area contributed by atoms with E-state index in [4.69, 9.17) is 11.6 Å². The Balaban J connectivity index is 2.37. The fourth-order valence-corrected chi connectivity index (χ4v) is 3.04. The van der Waals surface area contributed by atoms with Crippen molar-refractivity contribution in [2.45, 2.75) is 5.88 Å². The summed E-state index contributed by atoms with van der Waals surface area (Å²) in [5.41, 5.74) is 3.03. The normalized spacial score (nSPS) is 11.1. The van der Waals surface area contributed by atoms with E-state index >= 15 is 0 Å². The van der Waals surface area contributed by atoms with Gasteiger partial charge in [0.1, 0.15) is 5.82 Å². The summed E-state index contributed by atoms with van der Waals surface area (Å²) >= 11 is 13.1. The van der Waals surface area contributed by atoms with Crippen LogP contribution in [-0.2, 0) is 5.88 Å². The van der Waals surface area contributed by atoms with Crippen LogP contribution >= 0.6 is 43.5 Å². The number of rotatable bonds is 2. The molecular formula is C14H9Br2ClN2. The number of alkyl halides is 1. The van der Waals surface area contributed by atoms with Crippen LogP contribution in [0.25, 0.3) is 16.7 Å². The zero-order chi connectivity index (χ0) is 13.4. The molecule has 0 atom stereocenters. The van der Waals surface area contributed by atoms with Gasteiger partial charge in [-0.2, -0.15) is 0 Å². The molecule has 2 aromatic carbocycles. The van der Waals surface area contributed by atoms with Gasteiger partial charge in [0.25, 0.3) is 0 Å². The highest BCUT2D eigenvalue weighted by Crippen LogP contribution is 2.30. The van der Waals surface area contributed by atoms with Crippen molar-refractivity contribution < 1.29 is 0 Å². The second kappa shape index (κ2) is 5.27. The van der Waals surface area contributed by atoms with E-state index in [0.717, 1.165) is 31.5 Å². The van der Waals surface area contributed by atoms with Crippen LogP contribution in [0.2, 0.25) is 0 Å². The number of benzene rings is 2. The number of nitrogens with zero attached hydrogens (tertiary/aromatic N) is 2. The second-order valence-electron chi connectivity index (χ2n) is 4.08. The van der Waals surface area contributed by atoms with Crippen molar-refractivity contribution in [3.8, 4) is 5.69 Å². The third kappa shape index (κ3) is 2.33. The fourth-order valence-electron chi connectivity index (χ4n) is 2.09. The molecule has 96 valence electrons. The van der Waals surface area contributed by atoms with E-state index < -0.39 is 0 Å². The molecule has 5 heteroatoms. The van der Waals surface area contributed by atoms with Crippen LogP contribution in [0.1, 0.15) is 5.82 Å². The maximum Gasteiger partial charge on any atom is 0.129 e. The second-order valence-corrected chi connectivity index (χ2v) is 6.12. The predicted molar refractivity (Wildman–Crippen MR) is 86.0 cm³/mol. The molecule has 0 aliphatic heterocycles. The van der Waals surface area contributed by atoms with E-state index in [2.05, 4.69) is 41.4 Å². The van der Waals surface area contributed by atoms with Crippen LogP contribution in [-0.4, -0.2) is 9.55 Å². The number of halogens is 3. The molecule has 1 aromatic heterocycles. The average Bonchev–Trinajstić information content (AvgIpc) is 2.80. The fraction of sp³-hybridized carbons (Fsp3) is 0.0714.